The van der Waals surface area contributed by atoms with Crippen LogP contribution in [-0.2, 0) is 11.3 Å². The third-order valence-electron chi connectivity index (χ3n) is 4.56. The van der Waals surface area contributed by atoms with Gasteiger partial charge in [-0.2, -0.15) is 0 Å². The maximum Gasteiger partial charge on any atom is 0.239 e. The fourth-order valence-electron chi connectivity index (χ4n) is 3.18. The van der Waals surface area contributed by atoms with E-state index in [1.807, 2.05) is 22.8 Å². The van der Waals surface area contributed by atoms with Crippen molar-refractivity contribution >= 4 is 16.8 Å². The first kappa shape index (κ1) is 15.7. The molecule has 1 atom stereocenters. The molecule has 23 heavy (non-hydrogen) atoms. The van der Waals surface area contributed by atoms with E-state index in [1.165, 1.54) is 18.9 Å². The molecule has 5 heteroatoms. The number of fused-ring (bicyclic) bond motifs is 1. The highest BCUT2D eigenvalue weighted by atomic mass is 16.2. The molecule has 0 spiro atoms. The Balaban J connectivity index is 1.64. The Labute approximate surface area is 135 Å². The molecular weight excluding hydrogens is 290 g/mol. The van der Waals surface area contributed by atoms with Gasteiger partial charge in [-0.25, -0.2) is 0 Å². The lowest BCUT2D eigenvalue weighted by molar-refractivity contribution is -0.121. The predicted octanol–water partition coefficient (Wildman–Crippen LogP) is 1.60. The third-order valence-corrected chi connectivity index (χ3v) is 4.56. The summed E-state index contributed by atoms with van der Waals surface area (Å²) in [6.45, 7) is 5.30. The van der Waals surface area contributed by atoms with Crippen LogP contribution in [0, 0.1) is 0 Å². The number of carbonyl (C=O) groups excluding carboxylic acids is 1. The van der Waals surface area contributed by atoms with E-state index in [9.17, 15) is 9.59 Å². The van der Waals surface area contributed by atoms with E-state index >= 15 is 0 Å². The van der Waals surface area contributed by atoms with E-state index in [0.717, 1.165) is 18.6 Å². The van der Waals surface area contributed by atoms with Gasteiger partial charge in [-0.1, -0.05) is 12.1 Å². The molecule has 1 amide bonds. The van der Waals surface area contributed by atoms with Crippen LogP contribution in [0.15, 0.2) is 41.3 Å². The Morgan fingerprint density at radius 1 is 1.22 bits per heavy atom. The summed E-state index contributed by atoms with van der Waals surface area (Å²) in [5.41, 5.74) is 0.780. The second kappa shape index (κ2) is 6.96. The first-order chi connectivity index (χ1) is 11.1. The van der Waals surface area contributed by atoms with Crippen LogP contribution in [-0.4, -0.2) is 41.1 Å². The number of likely N-dealkylation sites (tertiary alicyclic amines) is 1. The highest BCUT2D eigenvalue weighted by molar-refractivity contribution is 5.82. The molecule has 1 aliphatic heterocycles. The van der Waals surface area contributed by atoms with Gasteiger partial charge in [-0.3, -0.25) is 14.5 Å². The lowest BCUT2D eigenvalue weighted by Crippen LogP contribution is -2.41. The van der Waals surface area contributed by atoms with Crippen LogP contribution < -0.4 is 10.7 Å². The SMILES string of the molecule is CC(CNC(=O)Cn1ccc(=O)c2ccccc21)N1CCCC1. The summed E-state index contributed by atoms with van der Waals surface area (Å²) < 4.78 is 1.83. The van der Waals surface area contributed by atoms with Gasteiger partial charge in [0.1, 0.15) is 6.54 Å². The van der Waals surface area contributed by atoms with Crippen LogP contribution in [0.4, 0.5) is 0 Å². The van der Waals surface area contributed by atoms with Crippen molar-refractivity contribution in [2.45, 2.75) is 32.4 Å². The number of rotatable bonds is 5. The van der Waals surface area contributed by atoms with Crippen molar-refractivity contribution < 1.29 is 4.79 Å². The Bertz CT molecular complexity index is 747. The molecule has 3 rings (SSSR count). The highest BCUT2D eigenvalue weighted by Gasteiger charge is 2.18. The van der Waals surface area contributed by atoms with Crippen molar-refractivity contribution in [3.63, 3.8) is 0 Å². The van der Waals surface area contributed by atoms with Crippen molar-refractivity contribution in [3.8, 4) is 0 Å². The van der Waals surface area contributed by atoms with Gasteiger partial charge in [-0.15, -0.1) is 0 Å². The smallest absolute Gasteiger partial charge is 0.239 e. The quantitative estimate of drug-likeness (QED) is 0.912. The molecule has 0 bridgehead atoms. The zero-order valence-electron chi connectivity index (χ0n) is 13.5. The number of hydrogen-bond acceptors (Lipinski definition) is 3. The number of carbonyl (C=O) groups is 1. The van der Waals surface area contributed by atoms with E-state index in [1.54, 1.807) is 12.3 Å². The minimum Gasteiger partial charge on any atom is -0.353 e. The third kappa shape index (κ3) is 3.62. The van der Waals surface area contributed by atoms with E-state index in [-0.39, 0.29) is 17.9 Å². The molecule has 0 saturated carbocycles. The van der Waals surface area contributed by atoms with Gasteiger partial charge in [0.05, 0.1) is 5.52 Å². The number of aromatic nitrogens is 1. The molecule has 1 saturated heterocycles. The monoisotopic (exact) mass is 313 g/mol. The molecule has 0 aliphatic carbocycles. The van der Waals surface area contributed by atoms with Crippen LogP contribution in [0.2, 0.25) is 0 Å². The normalized spacial score (nSPS) is 16.6. The van der Waals surface area contributed by atoms with Gasteiger partial charge in [0.15, 0.2) is 5.43 Å². The number of nitrogens with zero attached hydrogens (tertiary/aromatic N) is 2. The first-order valence-corrected chi connectivity index (χ1v) is 8.24. The van der Waals surface area contributed by atoms with Crippen LogP contribution in [0.25, 0.3) is 10.9 Å². The van der Waals surface area contributed by atoms with Crippen molar-refractivity contribution in [3.05, 3.63) is 46.8 Å². The van der Waals surface area contributed by atoms with Crippen LogP contribution >= 0.6 is 0 Å². The molecule has 5 nitrogen and oxygen atoms in total. The van der Waals surface area contributed by atoms with E-state index in [2.05, 4.69) is 17.1 Å². The first-order valence-electron chi connectivity index (χ1n) is 8.24. The Kier molecular flexibility index (Phi) is 4.76. The fraction of sp³-hybridized carbons (Fsp3) is 0.444. The number of nitrogens with one attached hydrogen (secondary N) is 1. The van der Waals surface area contributed by atoms with Crippen LogP contribution in [0.3, 0.4) is 0 Å². The maximum absolute atomic E-state index is 12.2. The van der Waals surface area contributed by atoms with Crippen LogP contribution in [0.1, 0.15) is 19.8 Å². The minimum atomic E-state index is -0.0233. The fourth-order valence-corrected chi connectivity index (χ4v) is 3.18. The molecule has 0 radical (unpaired) electrons. The summed E-state index contributed by atoms with van der Waals surface area (Å²) in [6, 6.07) is 9.27. The van der Waals surface area contributed by atoms with Gasteiger partial charge in [0, 0.05) is 30.2 Å². The lowest BCUT2D eigenvalue weighted by atomic mass is 10.2. The molecule has 2 heterocycles. The molecule has 1 N–H and O–H groups in total. The summed E-state index contributed by atoms with van der Waals surface area (Å²) in [4.78, 5) is 26.5. The number of pyridine rings is 1. The Morgan fingerprint density at radius 3 is 2.74 bits per heavy atom. The summed E-state index contributed by atoms with van der Waals surface area (Å²) in [6.07, 6.45) is 4.19. The molecule has 1 aliphatic rings. The van der Waals surface area contributed by atoms with E-state index in [4.69, 9.17) is 0 Å². The maximum atomic E-state index is 12.2. The summed E-state index contributed by atoms with van der Waals surface area (Å²) in [7, 11) is 0. The van der Waals surface area contributed by atoms with Crippen molar-refractivity contribution in [2.75, 3.05) is 19.6 Å². The number of amides is 1. The standard InChI is InChI=1S/C18H23N3O2/c1-14(20-9-4-5-10-20)12-19-18(23)13-21-11-8-17(22)15-6-2-3-7-16(15)21/h2-3,6-8,11,14H,4-5,9-10,12-13H2,1H3,(H,19,23). The van der Waals surface area contributed by atoms with Gasteiger partial charge in [0.2, 0.25) is 5.91 Å². The van der Waals surface area contributed by atoms with E-state index in [0.29, 0.717) is 18.0 Å². The summed E-state index contributed by atoms with van der Waals surface area (Å²) in [5.74, 6) is -0.0233. The van der Waals surface area contributed by atoms with E-state index < -0.39 is 0 Å². The molecule has 1 fully saturated rings. The van der Waals surface area contributed by atoms with Crippen molar-refractivity contribution in [2.24, 2.45) is 0 Å². The zero-order chi connectivity index (χ0) is 16.2. The second-order valence-electron chi connectivity index (χ2n) is 6.22. The summed E-state index contributed by atoms with van der Waals surface area (Å²) >= 11 is 0. The van der Waals surface area contributed by atoms with Crippen LogP contribution in [0.5, 0.6) is 0 Å². The molecule has 1 unspecified atom stereocenters. The van der Waals surface area contributed by atoms with Gasteiger partial charge >= 0.3 is 0 Å². The minimum absolute atomic E-state index is 0.0140. The molecule has 1 aromatic carbocycles. The lowest BCUT2D eigenvalue weighted by Gasteiger charge is -2.24. The van der Waals surface area contributed by atoms with Crippen molar-refractivity contribution in [1.82, 2.24) is 14.8 Å². The average Bonchev–Trinajstić information content (AvgIpc) is 3.10. The van der Waals surface area contributed by atoms with Gasteiger partial charge < -0.3 is 9.88 Å². The average molecular weight is 313 g/mol. The Morgan fingerprint density at radius 2 is 1.96 bits per heavy atom. The van der Waals surface area contributed by atoms with Crippen molar-refractivity contribution in [1.29, 1.82) is 0 Å². The molecule has 122 valence electrons. The number of benzene rings is 1. The topological polar surface area (TPSA) is 54.3 Å². The number of hydrogen-bond donors (Lipinski definition) is 1. The largest absolute Gasteiger partial charge is 0.353 e. The highest BCUT2D eigenvalue weighted by Crippen LogP contribution is 2.11. The molecular formula is C18H23N3O2. The molecule has 1 aromatic heterocycles. The van der Waals surface area contributed by atoms with Gasteiger partial charge in [-0.05, 0) is 45.0 Å². The summed E-state index contributed by atoms with van der Waals surface area (Å²) in [5, 5.41) is 3.65. The zero-order valence-corrected chi connectivity index (χ0v) is 13.5. The molecule has 2 aromatic rings. The predicted molar refractivity (Wildman–Crippen MR) is 91.5 cm³/mol. The second-order valence-corrected chi connectivity index (χ2v) is 6.22. The number of para-hydroxylation sites is 1. The Hall–Kier alpha value is -2.14. The van der Waals surface area contributed by atoms with Gasteiger partial charge in [0.25, 0.3) is 0 Å².